The zero-order valence-corrected chi connectivity index (χ0v) is 8.93. The minimum atomic E-state index is 0.461. The predicted molar refractivity (Wildman–Crippen MR) is 63.7 cm³/mol. The normalized spacial score (nSPS) is 10.1. The fourth-order valence-electron chi connectivity index (χ4n) is 1.39. The van der Waals surface area contributed by atoms with Crippen molar-refractivity contribution < 1.29 is 0 Å². The first-order valence-corrected chi connectivity index (χ1v) is 5.17. The standard InChI is InChI=1S/C12H14N4/c13-7-11-4-1-5-12(16-11)15-9-10-3-2-6-14-8-10/h1-6,8H,7,9,13H2,(H,15,16). The Morgan fingerprint density at radius 1 is 1.19 bits per heavy atom. The van der Waals surface area contributed by atoms with Crippen molar-refractivity contribution in [1.29, 1.82) is 0 Å². The number of aromatic nitrogens is 2. The van der Waals surface area contributed by atoms with Gasteiger partial charge in [-0.2, -0.15) is 0 Å². The summed E-state index contributed by atoms with van der Waals surface area (Å²) in [6, 6.07) is 9.72. The van der Waals surface area contributed by atoms with Crippen LogP contribution in [0.5, 0.6) is 0 Å². The second kappa shape index (κ2) is 5.23. The minimum Gasteiger partial charge on any atom is -0.366 e. The summed E-state index contributed by atoms with van der Waals surface area (Å²) in [5.41, 5.74) is 7.54. The maximum atomic E-state index is 5.53. The molecule has 2 rings (SSSR count). The molecule has 0 unspecified atom stereocenters. The van der Waals surface area contributed by atoms with E-state index in [1.165, 1.54) is 0 Å². The van der Waals surface area contributed by atoms with Crippen molar-refractivity contribution in [2.45, 2.75) is 13.1 Å². The van der Waals surface area contributed by atoms with Crippen molar-refractivity contribution in [3.05, 3.63) is 54.0 Å². The molecule has 2 aromatic rings. The smallest absolute Gasteiger partial charge is 0.126 e. The Morgan fingerprint density at radius 3 is 2.88 bits per heavy atom. The minimum absolute atomic E-state index is 0.461. The molecule has 2 aromatic heterocycles. The van der Waals surface area contributed by atoms with Gasteiger partial charge in [-0.1, -0.05) is 12.1 Å². The van der Waals surface area contributed by atoms with Gasteiger partial charge in [-0.25, -0.2) is 4.98 Å². The summed E-state index contributed by atoms with van der Waals surface area (Å²) in [6.45, 7) is 1.18. The van der Waals surface area contributed by atoms with Crippen LogP contribution in [-0.2, 0) is 13.1 Å². The Hall–Kier alpha value is -1.94. The molecule has 0 aliphatic heterocycles. The molecule has 0 aliphatic carbocycles. The average molecular weight is 214 g/mol. The first-order chi connectivity index (χ1) is 7.88. The van der Waals surface area contributed by atoms with Crippen LogP contribution in [0.4, 0.5) is 5.82 Å². The highest BCUT2D eigenvalue weighted by molar-refractivity contribution is 5.36. The molecule has 0 fully saturated rings. The Labute approximate surface area is 94.5 Å². The topological polar surface area (TPSA) is 63.8 Å². The summed E-state index contributed by atoms with van der Waals surface area (Å²) in [4.78, 5) is 8.40. The Kier molecular flexibility index (Phi) is 3.46. The fraction of sp³-hybridized carbons (Fsp3) is 0.167. The second-order valence-electron chi connectivity index (χ2n) is 3.43. The van der Waals surface area contributed by atoms with E-state index in [9.17, 15) is 0 Å². The predicted octanol–water partition coefficient (Wildman–Crippen LogP) is 1.55. The van der Waals surface area contributed by atoms with Crippen LogP contribution >= 0.6 is 0 Å². The third-order valence-electron chi connectivity index (χ3n) is 2.21. The van der Waals surface area contributed by atoms with Gasteiger partial charge in [0.15, 0.2) is 0 Å². The molecule has 4 nitrogen and oxygen atoms in total. The molecule has 3 N–H and O–H groups in total. The lowest BCUT2D eigenvalue weighted by Gasteiger charge is -2.06. The Bertz CT molecular complexity index is 442. The molecule has 0 saturated carbocycles. The van der Waals surface area contributed by atoms with E-state index in [0.29, 0.717) is 6.54 Å². The van der Waals surface area contributed by atoms with Gasteiger partial charge < -0.3 is 11.1 Å². The number of hydrogen-bond acceptors (Lipinski definition) is 4. The van der Waals surface area contributed by atoms with Crippen LogP contribution in [0.15, 0.2) is 42.7 Å². The van der Waals surface area contributed by atoms with E-state index in [1.54, 1.807) is 6.20 Å². The molecule has 0 bridgehead atoms. The zero-order chi connectivity index (χ0) is 11.2. The number of pyridine rings is 2. The first-order valence-electron chi connectivity index (χ1n) is 5.17. The van der Waals surface area contributed by atoms with Crippen LogP contribution in [0.3, 0.4) is 0 Å². The van der Waals surface area contributed by atoms with Gasteiger partial charge in [-0.15, -0.1) is 0 Å². The van der Waals surface area contributed by atoms with Crippen LogP contribution in [-0.4, -0.2) is 9.97 Å². The molecule has 82 valence electrons. The molecule has 0 radical (unpaired) electrons. The lowest BCUT2D eigenvalue weighted by atomic mass is 10.3. The number of nitrogens with one attached hydrogen (secondary N) is 1. The maximum absolute atomic E-state index is 5.53. The molecular formula is C12H14N4. The van der Waals surface area contributed by atoms with Crippen molar-refractivity contribution in [3.8, 4) is 0 Å². The van der Waals surface area contributed by atoms with Crippen LogP contribution in [0, 0.1) is 0 Å². The summed E-state index contributed by atoms with van der Waals surface area (Å²) in [5, 5.41) is 3.23. The molecule has 0 atom stereocenters. The van der Waals surface area contributed by atoms with Crippen LogP contribution in [0.1, 0.15) is 11.3 Å². The average Bonchev–Trinajstić information content (AvgIpc) is 2.38. The number of nitrogens with two attached hydrogens (primary N) is 1. The van der Waals surface area contributed by atoms with Gasteiger partial charge in [0.2, 0.25) is 0 Å². The molecule has 16 heavy (non-hydrogen) atoms. The molecule has 0 amide bonds. The summed E-state index contributed by atoms with van der Waals surface area (Å²) >= 11 is 0. The van der Waals surface area contributed by atoms with Gasteiger partial charge in [0.05, 0.1) is 5.69 Å². The number of hydrogen-bond donors (Lipinski definition) is 2. The molecule has 2 heterocycles. The summed E-state index contributed by atoms with van der Waals surface area (Å²) < 4.78 is 0. The molecule has 0 saturated heterocycles. The van der Waals surface area contributed by atoms with Crippen molar-refractivity contribution in [3.63, 3.8) is 0 Å². The van der Waals surface area contributed by atoms with E-state index in [0.717, 1.165) is 23.6 Å². The van der Waals surface area contributed by atoms with Gasteiger partial charge >= 0.3 is 0 Å². The lowest BCUT2D eigenvalue weighted by molar-refractivity contribution is 0.979. The van der Waals surface area contributed by atoms with Crippen molar-refractivity contribution in [2.75, 3.05) is 5.32 Å². The molecular weight excluding hydrogens is 200 g/mol. The van der Waals surface area contributed by atoms with Crippen molar-refractivity contribution >= 4 is 5.82 Å². The third-order valence-corrected chi connectivity index (χ3v) is 2.21. The van der Waals surface area contributed by atoms with Gasteiger partial charge in [0.25, 0.3) is 0 Å². The third kappa shape index (κ3) is 2.77. The van der Waals surface area contributed by atoms with Crippen molar-refractivity contribution in [1.82, 2.24) is 9.97 Å². The highest BCUT2D eigenvalue weighted by atomic mass is 15.0. The fourth-order valence-corrected chi connectivity index (χ4v) is 1.39. The largest absolute Gasteiger partial charge is 0.366 e. The van der Waals surface area contributed by atoms with Gasteiger partial charge in [-0.05, 0) is 23.8 Å². The van der Waals surface area contributed by atoms with Crippen LogP contribution < -0.4 is 11.1 Å². The van der Waals surface area contributed by atoms with Gasteiger partial charge in [0.1, 0.15) is 5.82 Å². The van der Waals surface area contributed by atoms with Crippen molar-refractivity contribution in [2.24, 2.45) is 5.73 Å². The van der Waals surface area contributed by atoms with Gasteiger partial charge in [0, 0.05) is 25.5 Å². The van der Waals surface area contributed by atoms with E-state index in [-0.39, 0.29) is 0 Å². The highest BCUT2D eigenvalue weighted by Crippen LogP contribution is 2.06. The molecule has 4 heteroatoms. The Balaban J connectivity index is 1.99. The maximum Gasteiger partial charge on any atom is 0.126 e. The number of nitrogens with zero attached hydrogens (tertiary/aromatic N) is 2. The van der Waals surface area contributed by atoms with E-state index < -0.39 is 0 Å². The van der Waals surface area contributed by atoms with Crippen LogP contribution in [0.2, 0.25) is 0 Å². The quantitative estimate of drug-likeness (QED) is 0.810. The van der Waals surface area contributed by atoms with E-state index >= 15 is 0 Å². The van der Waals surface area contributed by atoms with E-state index in [4.69, 9.17) is 5.73 Å². The van der Waals surface area contributed by atoms with Gasteiger partial charge in [-0.3, -0.25) is 4.98 Å². The molecule has 0 spiro atoms. The highest BCUT2D eigenvalue weighted by Gasteiger charge is 1.96. The molecule has 0 aromatic carbocycles. The van der Waals surface area contributed by atoms with E-state index in [2.05, 4.69) is 15.3 Å². The monoisotopic (exact) mass is 214 g/mol. The number of anilines is 1. The lowest BCUT2D eigenvalue weighted by Crippen LogP contribution is -2.05. The summed E-state index contributed by atoms with van der Waals surface area (Å²) in [7, 11) is 0. The summed E-state index contributed by atoms with van der Waals surface area (Å²) in [6.07, 6.45) is 3.59. The zero-order valence-electron chi connectivity index (χ0n) is 8.93. The Morgan fingerprint density at radius 2 is 2.12 bits per heavy atom. The molecule has 0 aliphatic rings. The SMILES string of the molecule is NCc1cccc(NCc2cccnc2)n1. The summed E-state index contributed by atoms with van der Waals surface area (Å²) in [5.74, 6) is 0.840. The van der Waals surface area contributed by atoms with E-state index in [1.807, 2.05) is 36.5 Å². The van der Waals surface area contributed by atoms with Crippen LogP contribution in [0.25, 0.3) is 0 Å². The number of rotatable bonds is 4. The first kappa shape index (κ1) is 10.6. The second-order valence-corrected chi connectivity index (χ2v) is 3.43.